The fourth-order valence-electron chi connectivity index (χ4n) is 2.80. The summed E-state index contributed by atoms with van der Waals surface area (Å²) in [6.07, 6.45) is 1.95. The quantitative estimate of drug-likeness (QED) is 0.843. The van der Waals surface area contributed by atoms with Crippen LogP contribution in [0.5, 0.6) is 0 Å². The molecule has 4 rings (SSSR count). The fourth-order valence-corrected chi connectivity index (χ4v) is 2.80. The second-order valence-electron chi connectivity index (χ2n) is 5.45. The van der Waals surface area contributed by atoms with Gasteiger partial charge < -0.3 is 9.47 Å². The van der Waals surface area contributed by atoms with Crippen molar-refractivity contribution in [1.29, 1.82) is 0 Å². The number of nitrogens with one attached hydrogen (secondary N) is 1. The summed E-state index contributed by atoms with van der Waals surface area (Å²) in [6, 6.07) is 10.6. The number of rotatable bonds is 1. The molecule has 2 aliphatic heterocycles. The maximum atomic E-state index is 5.74. The Kier molecular flexibility index (Phi) is 2.55. The molecule has 4 nitrogen and oxygen atoms in total. The smallest absolute Gasteiger partial charge is 0.0895 e. The van der Waals surface area contributed by atoms with Gasteiger partial charge in [0.25, 0.3) is 0 Å². The zero-order chi connectivity index (χ0) is 12.7. The highest BCUT2D eigenvalue weighted by atomic mass is 16.5. The SMILES string of the molecule is c1ccc2ncc(C3COCC4(COC4)N3)cc2c1. The Bertz CT molecular complexity index is 610. The van der Waals surface area contributed by atoms with Crippen LogP contribution >= 0.6 is 0 Å². The van der Waals surface area contributed by atoms with Crippen molar-refractivity contribution in [2.45, 2.75) is 11.6 Å². The number of para-hydroxylation sites is 1. The van der Waals surface area contributed by atoms with Crippen molar-refractivity contribution in [3.05, 3.63) is 42.1 Å². The van der Waals surface area contributed by atoms with E-state index in [1.54, 1.807) is 0 Å². The molecule has 0 radical (unpaired) electrons. The van der Waals surface area contributed by atoms with Crippen molar-refractivity contribution in [2.24, 2.45) is 0 Å². The van der Waals surface area contributed by atoms with Crippen molar-refractivity contribution < 1.29 is 9.47 Å². The molecule has 0 saturated carbocycles. The lowest BCUT2D eigenvalue weighted by Gasteiger charge is -2.47. The third kappa shape index (κ3) is 1.92. The lowest BCUT2D eigenvalue weighted by Crippen LogP contribution is -2.67. The van der Waals surface area contributed by atoms with E-state index in [1.807, 2.05) is 24.4 Å². The van der Waals surface area contributed by atoms with Crippen LogP contribution in [0.4, 0.5) is 0 Å². The van der Waals surface area contributed by atoms with Crippen LogP contribution in [0.3, 0.4) is 0 Å². The number of pyridine rings is 1. The van der Waals surface area contributed by atoms with Gasteiger partial charge in [0.15, 0.2) is 0 Å². The molecular weight excluding hydrogens is 240 g/mol. The van der Waals surface area contributed by atoms with Crippen LogP contribution in [0.25, 0.3) is 10.9 Å². The van der Waals surface area contributed by atoms with Gasteiger partial charge in [0.2, 0.25) is 0 Å². The lowest BCUT2D eigenvalue weighted by atomic mass is 9.93. The molecule has 2 saturated heterocycles. The first-order valence-electron chi connectivity index (χ1n) is 6.63. The second-order valence-corrected chi connectivity index (χ2v) is 5.45. The standard InChI is InChI=1S/C15H16N2O2/c1-2-4-13-11(3-1)5-12(6-16-13)14-7-18-8-15(17-14)9-19-10-15/h1-6,14,17H,7-10H2. The molecule has 1 aromatic carbocycles. The molecule has 1 atom stereocenters. The van der Waals surface area contributed by atoms with Crippen LogP contribution in [0.2, 0.25) is 0 Å². The van der Waals surface area contributed by atoms with Crippen molar-refractivity contribution in [3.63, 3.8) is 0 Å². The van der Waals surface area contributed by atoms with Crippen molar-refractivity contribution >= 4 is 10.9 Å². The van der Waals surface area contributed by atoms with Crippen molar-refractivity contribution in [3.8, 4) is 0 Å². The Labute approximate surface area is 111 Å². The Morgan fingerprint density at radius 1 is 1.16 bits per heavy atom. The van der Waals surface area contributed by atoms with E-state index in [-0.39, 0.29) is 11.6 Å². The summed E-state index contributed by atoms with van der Waals surface area (Å²) >= 11 is 0. The predicted octanol–water partition coefficient (Wildman–Crippen LogP) is 1.66. The Morgan fingerprint density at radius 3 is 2.84 bits per heavy atom. The molecule has 2 fully saturated rings. The number of nitrogens with zero attached hydrogens (tertiary/aromatic N) is 1. The average Bonchev–Trinajstić information content (AvgIpc) is 2.45. The molecule has 1 aromatic heterocycles. The Morgan fingerprint density at radius 2 is 2.00 bits per heavy atom. The van der Waals surface area contributed by atoms with Crippen LogP contribution in [0.1, 0.15) is 11.6 Å². The highest BCUT2D eigenvalue weighted by Crippen LogP contribution is 2.28. The molecule has 98 valence electrons. The average molecular weight is 256 g/mol. The molecule has 2 aromatic rings. The van der Waals surface area contributed by atoms with Crippen LogP contribution in [-0.4, -0.2) is 37.0 Å². The minimum absolute atomic E-state index is 0.0224. The lowest BCUT2D eigenvalue weighted by molar-refractivity contribution is -0.143. The van der Waals surface area contributed by atoms with Gasteiger partial charge in [-0.05, 0) is 17.7 Å². The summed E-state index contributed by atoms with van der Waals surface area (Å²) in [5.41, 5.74) is 2.24. The Balaban J connectivity index is 1.66. The van der Waals surface area contributed by atoms with Gasteiger partial charge in [0.05, 0.1) is 43.5 Å². The van der Waals surface area contributed by atoms with E-state index < -0.39 is 0 Å². The van der Waals surface area contributed by atoms with Crippen LogP contribution in [-0.2, 0) is 9.47 Å². The van der Waals surface area contributed by atoms with Gasteiger partial charge >= 0.3 is 0 Å². The van der Waals surface area contributed by atoms with Crippen LogP contribution in [0.15, 0.2) is 36.5 Å². The van der Waals surface area contributed by atoms with E-state index >= 15 is 0 Å². The summed E-state index contributed by atoms with van der Waals surface area (Å²) < 4.78 is 11.0. The zero-order valence-electron chi connectivity index (χ0n) is 10.6. The number of ether oxygens (including phenoxy) is 2. The molecule has 0 aliphatic carbocycles. The number of hydrogen-bond acceptors (Lipinski definition) is 4. The van der Waals surface area contributed by atoms with Gasteiger partial charge in [-0.25, -0.2) is 0 Å². The van der Waals surface area contributed by atoms with Gasteiger partial charge in [0, 0.05) is 11.6 Å². The van der Waals surface area contributed by atoms with Gasteiger partial charge in [-0.3, -0.25) is 10.3 Å². The van der Waals surface area contributed by atoms with Gasteiger partial charge in [-0.15, -0.1) is 0 Å². The molecule has 3 heterocycles. The Hall–Kier alpha value is -1.49. The largest absolute Gasteiger partial charge is 0.377 e. The maximum Gasteiger partial charge on any atom is 0.0895 e. The number of fused-ring (bicyclic) bond motifs is 1. The van der Waals surface area contributed by atoms with E-state index in [9.17, 15) is 0 Å². The summed E-state index contributed by atoms with van der Waals surface area (Å²) in [5.74, 6) is 0. The minimum Gasteiger partial charge on any atom is -0.377 e. The number of benzene rings is 1. The number of hydrogen-bond donors (Lipinski definition) is 1. The van der Waals surface area contributed by atoms with E-state index in [1.165, 1.54) is 10.9 Å². The maximum absolute atomic E-state index is 5.74. The van der Waals surface area contributed by atoms with Gasteiger partial charge in [-0.2, -0.15) is 0 Å². The molecule has 4 heteroatoms. The molecule has 0 bridgehead atoms. The first-order valence-corrected chi connectivity index (χ1v) is 6.63. The number of aromatic nitrogens is 1. The third-order valence-electron chi connectivity index (χ3n) is 3.91. The van der Waals surface area contributed by atoms with E-state index in [4.69, 9.17) is 9.47 Å². The van der Waals surface area contributed by atoms with E-state index in [0.717, 1.165) is 25.3 Å². The molecule has 1 spiro atoms. The monoisotopic (exact) mass is 256 g/mol. The van der Waals surface area contributed by atoms with Gasteiger partial charge in [0.1, 0.15) is 0 Å². The molecular formula is C15H16N2O2. The third-order valence-corrected chi connectivity index (χ3v) is 3.91. The van der Waals surface area contributed by atoms with Crippen LogP contribution in [0, 0.1) is 0 Å². The second kappa shape index (κ2) is 4.27. The molecule has 19 heavy (non-hydrogen) atoms. The normalized spacial score (nSPS) is 25.4. The van der Waals surface area contributed by atoms with Crippen LogP contribution < -0.4 is 5.32 Å². The highest BCUT2D eigenvalue weighted by molar-refractivity contribution is 5.78. The summed E-state index contributed by atoms with van der Waals surface area (Å²) in [5, 5.41) is 4.83. The summed E-state index contributed by atoms with van der Waals surface area (Å²) in [4.78, 5) is 4.52. The molecule has 1 N–H and O–H groups in total. The summed E-state index contributed by atoms with van der Waals surface area (Å²) in [6.45, 7) is 2.92. The minimum atomic E-state index is 0.0224. The van der Waals surface area contributed by atoms with Crippen molar-refractivity contribution in [2.75, 3.05) is 26.4 Å². The summed E-state index contributed by atoms with van der Waals surface area (Å²) in [7, 11) is 0. The first kappa shape index (κ1) is 11.3. The zero-order valence-corrected chi connectivity index (χ0v) is 10.6. The van der Waals surface area contributed by atoms with E-state index in [0.29, 0.717) is 6.61 Å². The predicted molar refractivity (Wildman–Crippen MR) is 72.0 cm³/mol. The number of morpholine rings is 1. The topological polar surface area (TPSA) is 43.4 Å². The van der Waals surface area contributed by atoms with Gasteiger partial charge in [-0.1, -0.05) is 18.2 Å². The van der Waals surface area contributed by atoms with E-state index in [2.05, 4.69) is 22.4 Å². The van der Waals surface area contributed by atoms with Crippen molar-refractivity contribution in [1.82, 2.24) is 10.3 Å². The molecule has 1 unspecified atom stereocenters. The molecule has 2 aliphatic rings. The molecule has 0 amide bonds. The highest BCUT2D eigenvalue weighted by Gasteiger charge is 2.43. The first-order chi connectivity index (χ1) is 9.35. The fraction of sp³-hybridized carbons (Fsp3) is 0.400.